The Hall–Kier alpha value is -1.62. The zero-order valence-electron chi connectivity index (χ0n) is 13.7. The summed E-state index contributed by atoms with van der Waals surface area (Å²) in [6, 6.07) is 6.48. The molecule has 1 saturated carbocycles. The number of piperidine rings is 1. The molecule has 1 amide bonds. The average molecular weight is 329 g/mol. The van der Waals surface area contributed by atoms with Crippen molar-refractivity contribution in [3.8, 4) is 0 Å². The molecular formula is C18H23N3OS. The highest BCUT2D eigenvalue weighted by atomic mass is 32.1. The van der Waals surface area contributed by atoms with Gasteiger partial charge in [-0.2, -0.15) is 5.10 Å². The number of amides is 1. The van der Waals surface area contributed by atoms with Gasteiger partial charge in [0.05, 0.1) is 5.69 Å². The molecule has 1 N–H and O–H groups in total. The SMILES string of the molecule is Cc1cc([C@@H]2CCCN(C(=O)[C@@H]3C[C@@H]3c3ccc(C)s3)C2)n[nH]1. The Kier molecular flexibility index (Phi) is 3.76. The number of aryl methyl sites for hydroxylation is 2. The van der Waals surface area contributed by atoms with Crippen molar-refractivity contribution >= 4 is 17.2 Å². The molecule has 1 aliphatic heterocycles. The van der Waals surface area contributed by atoms with Crippen LogP contribution in [0.3, 0.4) is 0 Å². The topological polar surface area (TPSA) is 49.0 Å². The number of hydrogen-bond acceptors (Lipinski definition) is 3. The minimum atomic E-state index is 0.215. The van der Waals surface area contributed by atoms with E-state index in [9.17, 15) is 4.79 Å². The number of thiophene rings is 1. The van der Waals surface area contributed by atoms with Crippen molar-refractivity contribution in [3.05, 3.63) is 39.3 Å². The number of H-pyrrole nitrogens is 1. The normalized spacial score (nSPS) is 27.2. The Morgan fingerprint density at radius 3 is 2.96 bits per heavy atom. The van der Waals surface area contributed by atoms with Gasteiger partial charge in [0.1, 0.15) is 0 Å². The minimum absolute atomic E-state index is 0.215. The van der Waals surface area contributed by atoms with Crippen molar-refractivity contribution in [3.63, 3.8) is 0 Å². The molecule has 0 bridgehead atoms. The van der Waals surface area contributed by atoms with Gasteiger partial charge in [0, 0.05) is 46.3 Å². The van der Waals surface area contributed by atoms with E-state index in [2.05, 4.69) is 40.2 Å². The number of carbonyl (C=O) groups is 1. The Labute approximate surface area is 140 Å². The summed E-state index contributed by atoms with van der Waals surface area (Å²) < 4.78 is 0. The van der Waals surface area contributed by atoms with E-state index < -0.39 is 0 Å². The maximum atomic E-state index is 12.8. The quantitative estimate of drug-likeness (QED) is 0.935. The number of nitrogens with one attached hydrogen (secondary N) is 1. The van der Waals surface area contributed by atoms with E-state index in [1.165, 1.54) is 9.75 Å². The second-order valence-corrected chi connectivity index (χ2v) is 8.32. The lowest BCUT2D eigenvalue weighted by Crippen LogP contribution is -2.40. The molecule has 1 aliphatic carbocycles. The van der Waals surface area contributed by atoms with Crippen molar-refractivity contribution < 1.29 is 4.79 Å². The molecule has 0 spiro atoms. The van der Waals surface area contributed by atoms with E-state index >= 15 is 0 Å². The van der Waals surface area contributed by atoms with Gasteiger partial charge in [-0.3, -0.25) is 9.89 Å². The highest BCUT2D eigenvalue weighted by molar-refractivity contribution is 7.12. The lowest BCUT2D eigenvalue weighted by molar-refractivity contribution is -0.133. The van der Waals surface area contributed by atoms with Gasteiger partial charge < -0.3 is 4.90 Å². The second kappa shape index (κ2) is 5.78. The maximum Gasteiger partial charge on any atom is 0.226 e. The Morgan fingerprint density at radius 2 is 2.26 bits per heavy atom. The summed E-state index contributed by atoms with van der Waals surface area (Å²) in [7, 11) is 0. The number of carbonyl (C=O) groups excluding carboxylic acids is 1. The third kappa shape index (κ3) is 2.94. The van der Waals surface area contributed by atoms with Crippen molar-refractivity contribution in [2.75, 3.05) is 13.1 Å². The molecular weight excluding hydrogens is 306 g/mol. The van der Waals surface area contributed by atoms with Crippen LogP contribution < -0.4 is 0 Å². The van der Waals surface area contributed by atoms with Crippen LogP contribution in [-0.2, 0) is 4.79 Å². The molecule has 122 valence electrons. The first-order valence-corrected chi connectivity index (χ1v) is 9.30. The molecule has 5 heteroatoms. The number of aromatic nitrogens is 2. The van der Waals surface area contributed by atoms with Gasteiger partial charge in [0.15, 0.2) is 0 Å². The third-order valence-electron chi connectivity index (χ3n) is 5.11. The summed E-state index contributed by atoms with van der Waals surface area (Å²) >= 11 is 1.84. The molecule has 2 fully saturated rings. The van der Waals surface area contributed by atoms with E-state index in [0.29, 0.717) is 17.7 Å². The largest absolute Gasteiger partial charge is 0.342 e. The van der Waals surface area contributed by atoms with Crippen molar-refractivity contribution in [2.24, 2.45) is 5.92 Å². The van der Waals surface area contributed by atoms with Crippen molar-refractivity contribution in [2.45, 2.75) is 44.9 Å². The number of rotatable bonds is 3. The molecule has 4 nitrogen and oxygen atoms in total. The van der Waals surface area contributed by atoms with Crippen LogP contribution >= 0.6 is 11.3 Å². The van der Waals surface area contributed by atoms with E-state index in [1.807, 2.05) is 18.3 Å². The molecule has 0 unspecified atom stereocenters. The molecule has 3 heterocycles. The van der Waals surface area contributed by atoms with Crippen LogP contribution in [0.4, 0.5) is 0 Å². The molecule has 2 aromatic heterocycles. The number of hydrogen-bond donors (Lipinski definition) is 1. The van der Waals surface area contributed by atoms with Gasteiger partial charge >= 0.3 is 0 Å². The lowest BCUT2D eigenvalue weighted by atomic mass is 9.94. The van der Waals surface area contributed by atoms with Gasteiger partial charge in [-0.05, 0) is 51.3 Å². The highest BCUT2D eigenvalue weighted by Gasteiger charge is 2.47. The predicted molar refractivity (Wildman–Crippen MR) is 91.8 cm³/mol. The maximum absolute atomic E-state index is 12.8. The Bertz CT molecular complexity index is 719. The van der Waals surface area contributed by atoms with Crippen LogP contribution in [0.1, 0.15) is 52.2 Å². The Morgan fingerprint density at radius 1 is 1.39 bits per heavy atom. The average Bonchev–Trinajstić information content (AvgIpc) is 3.04. The Balaban J connectivity index is 1.41. The first-order chi connectivity index (χ1) is 11.1. The molecule has 1 saturated heterocycles. The molecule has 23 heavy (non-hydrogen) atoms. The first kappa shape index (κ1) is 14.9. The van der Waals surface area contributed by atoms with Crippen molar-refractivity contribution in [1.82, 2.24) is 15.1 Å². The number of likely N-dealkylation sites (tertiary alicyclic amines) is 1. The van der Waals surface area contributed by atoms with Gasteiger partial charge in [-0.25, -0.2) is 0 Å². The first-order valence-electron chi connectivity index (χ1n) is 8.49. The second-order valence-electron chi connectivity index (χ2n) is 7.00. The zero-order chi connectivity index (χ0) is 16.0. The van der Waals surface area contributed by atoms with Crippen LogP contribution in [0.2, 0.25) is 0 Å². The third-order valence-corrected chi connectivity index (χ3v) is 6.24. The van der Waals surface area contributed by atoms with Gasteiger partial charge in [-0.15, -0.1) is 11.3 Å². The smallest absolute Gasteiger partial charge is 0.226 e. The van der Waals surface area contributed by atoms with Gasteiger partial charge in [-0.1, -0.05) is 0 Å². The van der Waals surface area contributed by atoms with Crippen LogP contribution in [0, 0.1) is 19.8 Å². The van der Waals surface area contributed by atoms with Crippen LogP contribution in [0.5, 0.6) is 0 Å². The molecule has 0 aromatic carbocycles. The lowest BCUT2D eigenvalue weighted by Gasteiger charge is -2.32. The van der Waals surface area contributed by atoms with Gasteiger partial charge in [0.2, 0.25) is 5.91 Å². The minimum Gasteiger partial charge on any atom is -0.342 e. The molecule has 0 radical (unpaired) electrons. The van der Waals surface area contributed by atoms with Crippen LogP contribution in [0.25, 0.3) is 0 Å². The molecule has 2 aliphatic rings. The fraction of sp³-hybridized carbons (Fsp3) is 0.556. The van der Waals surface area contributed by atoms with E-state index in [-0.39, 0.29) is 5.92 Å². The van der Waals surface area contributed by atoms with Crippen LogP contribution in [-0.4, -0.2) is 34.1 Å². The standard InChI is InChI=1S/C18H23N3OS/c1-11-8-16(20-19-11)13-4-3-7-21(10-13)18(22)15-9-14(15)17-6-5-12(2)23-17/h5-6,8,13-15H,3-4,7,9-10H2,1-2H3,(H,19,20)/t13-,14+,15-/m1/s1. The number of nitrogens with zero attached hydrogens (tertiary/aromatic N) is 2. The summed E-state index contributed by atoms with van der Waals surface area (Å²) in [5.41, 5.74) is 2.21. The van der Waals surface area contributed by atoms with Gasteiger partial charge in [0.25, 0.3) is 0 Å². The fourth-order valence-corrected chi connectivity index (χ4v) is 4.79. The van der Waals surface area contributed by atoms with Crippen molar-refractivity contribution in [1.29, 1.82) is 0 Å². The summed E-state index contributed by atoms with van der Waals surface area (Å²) in [6.07, 6.45) is 3.24. The van der Waals surface area contributed by atoms with E-state index in [4.69, 9.17) is 0 Å². The molecule has 2 aromatic rings. The monoisotopic (exact) mass is 329 g/mol. The zero-order valence-corrected chi connectivity index (χ0v) is 14.5. The summed E-state index contributed by atoms with van der Waals surface area (Å²) in [4.78, 5) is 17.6. The predicted octanol–water partition coefficient (Wildman–Crippen LogP) is 3.60. The summed E-state index contributed by atoms with van der Waals surface area (Å²) in [6.45, 7) is 5.90. The van der Waals surface area contributed by atoms with E-state index in [1.54, 1.807) is 0 Å². The molecule has 4 rings (SSSR count). The van der Waals surface area contributed by atoms with Crippen LogP contribution in [0.15, 0.2) is 18.2 Å². The summed E-state index contributed by atoms with van der Waals surface area (Å²) in [5, 5.41) is 7.42. The molecule has 3 atom stereocenters. The van der Waals surface area contributed by atoms with E-state index in [0.717, 1.165) is 43.7 Å². The summed E-state index contributed by atoms with van der Waals surface area (Å²) in [5.74, 6) is 1.43. The highest BCUT2D eigenvalue weighted by Crippen LogP contribution is 2.50. The fourth-order valence-electron chi connectivity index (χ4n) is 3.74. The number of aromatic amines is 1.